The molecule has 2 aliphatic rings. The van der Waals surface area contributed by atoms with E-state index in [2.05, 4.69) is 0 Å². The second-order valence-electron chi connectivity index (χ2n) is 6.40. The van der Waals surface area contributed by atoms with E-state index in [1.807, 2.05) is 13.8 Å². The van der Waals surface area contributed by atoms with Gasteiger partial charge < -0.3 is 14.6 Å². The average Bonchev–Trinajstić information content (AvgIpc) is 2.63. The van der Waals surface area contributed by atoms with E-state index in [1.165, 1.54) is 14.2 Å². The molecule has 128 valence electrons. The number of aliphatic hydroxyl groups excluding tert-OH is 1. The monoisotopic (exact) mass is 327 g/mol. The van der Waals surface area contributed by atoms with Crippen LogP contribution in [-0.4, -0.2) is 43.3 Å². The molecule has 2 aliphatic heterocycles. The van der Waals surface area contributed by atoms with Crippen molar-refractivity contribution in [3.05, 3.63) is 23.2 Å². The molecule has 1 N–H and O–H groups in total. The van der Waals surface area contributed by atoms with Crippen LogP contribution >= 0.6 is 0 Å². The van der Waals surface area contributed by atoms with Gasteiger partial charge >= 0.3 is 0 Å². The topological polar surface area (TPSA) is 41.9 Å². The first-order valence-corrected chi connectivity index (χ1v) is 7.89. The van der Waals surface area contributed by atoms with Crippen LogP contribution in [0, 0.1) is 11.8 Å². The van der Waals surface area contributed by atoms with Crippen molar-refractivity contribution < 1.29 is 25.5 Å². The molecule has 0 bridgehead atoms. The molecule has 2 heterocycles. The van der Waals surface area contributed by atoms with Gasteiger partial charge in [-0.05, 0) is 54.3 Å². The third-order valence-corrected chi connectivity index (χ3v) is 4.28. The Morgan fingerprint density at radius 3 is 2.70 bits per heavy atom. The average molecular weight is 327 g/mol. The van der Waals surface area contributed by atoms with Crippen LogP contribution in [0.5, 0.6) is 11.5 Å². The molecule has 1 saturated heterocycles. The fraction of sp³-hybridized carbons (Fsp3) is 0.684. The molecule has 4 heteroatoms. The number of fused-ring (bicyclic) bond motifs is 3. The summed E-state index contributed by atoms with van der Waals surface area (Å²) in [5.74, 6) is -1.21. The normalized spacial score (nSPS) is 39.1. The Morgan fingerprint density at radius 2 is 2.04 bits per heavy atom. The smallest absolute Gasteiger partial charge is 0.161 e. The van der Waals surface area contributed by atoms with Gasteiger partial charge in [-0.25, -0.2) is 0 Å². The van der Waals surface area contributed by atoms with Crippen LogP contribution in [0.1, 0.15) is 54.8 Å². The van der Waals surface area contributed by atoms with Crippen molar-refractivity contribution in [3.63, 3.8) is 0 Å². The number of rotatable bonds is 4. The van der Waals surface area contributed by atoms with E-state index in [0.29, 0.717) is 0 Å². The summed E-state index contributed by atoms with van der Waals surface area (Å²) in [6.45, 7) is -1.51. The Kier molecular flexibility index (Phi) is 2.70. The second-order valence-corrected chi connectivity index (χ2v) is 6.40. The minimum atomic E-state index is -2.86. The highest BCUT2D eigenvalue weighted by atomic mass is 16.5. The Morgan fingerprint density at radius 1 is 1.35 bits per heavy atom. The third-order valence-electron chi connectivity index (χ3n) is 4.28. The fourth-order valence-corrected chi connectivity index (χ4v) is 3.16. The molecule has 0 spiro atoms. The summed E-state index contributed by atoms with van der Waals surface area (Å²) in [5, 5.41) is 10.9. The summed E-state index contributed by atoms with van der Waals surface area (Å²) in [4.78, 5) is 0.825. The number of hydrogen-bond acceptors (Lipinski definition) is 4. The zero-order chi connectivity index (χ0) is 23.7. The molecule has 0 saturated carbocycles. The van der Waals surface area contributed by atoms with Crippen LogP contribution in [0.15, 0.2) is 12.1 Å². The molecule has 0 aliphatic carbocycles. The second kappa shape index (κ2) is 6.70. The standard InChI is InChI=1S/C19H29NO3/c1-12(2)7-14-11-20-6-5-13-8-18(22-3)19(23-4)9-15(13)16(20)10-17(14)21/h8-9,12,14,16-17,21H,5-7,10-11H2,1-4H3/i5D2,6D2,8D,9D,11D2. The van der Waals surface area contributed by atoms with E-state index in [0.717, 1.165) is 4.90 Å². The quantitative estimate of drug-likeness (QED) is 0.923. The third kappa shape index (κ3) is 3.20. The molecule has 1 aromatic carbocycles. The van der Waals surface area contributed by atoms with E-state index in [9.17, 15) is 5.11 Å². The number of nitrogens with zero attached hydrogens (tertiary/aromatic N) is 1. The van der Waals surface area contributed by atoms with Gasteiger partial charge in [-0.1, -0.05) is 13.8 Å². The van der Waals surface area contributed by atoms with E-state index in [-0.39, 0.29) is 47.4 Å². The van der Waals surface area contributed by atoms with Gasteiger partial charge in [0, 0.05) is 27.3 Å². The summed E-state index contributed by atoms with van der Waals surface area (Å²) in [6.07, 6.45) is -3.77. The first kappa shape index (κ1) is 9.28. The van der Waals surface area contributed by atoms with E-state index in [1.54, 1.807) is 0 Å². The molecule has 23 heavy (non-hydrogen) atoms. The maximum absolute atomic E-state index is 10.9. The van der Waals surface area contributed by atoms with Crippen molar-refractivity contribution in [1.82, 2.24) is 4.90 Å². The summed E-state index contributed by atoms with van der Waals surface area (Å²) in [6, 6.07) is -1.90. The van der Waals surface area contributed by atoms with Gasteiger partial charge in [0.2, 0.25) is 0 Å². The lowest BCUT2D eigenvalue weighted by Gasteiger charge is -2.46. The van der Waals surface area contributed by atoms with Gasteiger partial charge in [-0.15, -0.1) is 0 Å². The number of ether oxygens (including phenoxy) is 2. The number of hydrogen-bond donors (Lipinski definition) is 1. The SMILES string of the molecule is [2H]c1c(OC)c(OC)c([2H])c2c1C1CC(O)C(CC(C)C)C([2H])([2H])N1C([2H])([2H])C2([2H])[2H]. The van der Waals surface area contributed by atoms with E-state index < -0.39 is 43.5 Å². The Hall–Kier alpha value is -1.26. The first-order valence-electron chi connectivity index (χ1n) is 11.9. The van der Waals surface area contributed by atoms with Crippen molar-refractivity contribution in [2.45, 2.75) is 45.2 Å². The van der Waals surface area contributed by atoms with Crippen molar-refractivity contribution >= 4 is 0 Å². The minimum absolute atomic E-state index is 0.0296. The summed E-state index contributed by atoms with van der Waals surface area (Å²) in [7, 11) is 2.53. The van der Waals surface area contributed by atoms with Crippen LogP contribution in [0.4, 0.5) is 0 Å². The van der Waals surface area contributed by atoms with Crippen LogP contribution < -0.4 is 9.47 Å². The molecule has 1 aromatic rings. The molecule has 3 unspecified atom stereocenters. The van der Waals surface area contributed by atoms with Gasteiger partial charge in [0.25, 0.3) is 0 Å². The molecule has 0 aromatic heterocycles. The van der Waals surface area contributed by atoms with Crippen molar-refractivity contribution in [3.8, 4) is 11.5 Å². The summed E-state index contributed by atoms with van der Waals surface area (Å²) >= 11 is 0. The fourth-order valence-electron chi connectivity index (χ4n) is 3.16. The number of benzene rings is 1. The number of aliphatic hydroxyl groups is 1. The maximum Gasteiger partial charge on any atom is 0.161 e. The van der Waals surface area contributed by atoms with Crippen molar-refractivity contribution in [1.29, 1.82) is 0 Å². The highest BCUT2D eigenvalue weighted by molar-refractivity contribution is 5.49. The predicted molar refractivity (Wildman–Crippen MR) is 91.1 cm³/mol. The van der Waals surface area contributed by atoms with Crippen LogP contribution in [0.25, 0.3) is 0 Å². The molecule has 4 nitrogen and oxygen atoms in total. The largest absolute Gasteiger partial charge is 0.493 e. The number of methoxy groups -OCH3 is 2. The Balaban J connectivity index is 2.37. The lowest BCUT2D eigenvalue weighted by Crippen LogP contribution is -2.48. The van der Waals surface area contributed by atoms with Crippen molar-refractivity contribution in [2.75, 3.05) is 27.2 Å². The highest BCUT2D eigenvalue weighted by Crippen LogP contribution is 2.43. The molecule has 0 amide bonds. The van der Waals surface area contributed by atoms with Crippen LogP contribution in [0.2, 0.25) is 0 Å². The zero-order valence-electron chi connectivity index (χ0n) is 21.9. The van der Waals surface area contributed by atoms with E-state index in [4.69, 9.17) is 20.4 Å². The van der Waals surface area contributed by atoms with Gasteiger partial charge in [0.1, 0.15) is 0 Å². The molecule has 3 rings (SSSR count). The van der Waals surface area contributed by atoms with Gasteiger partial charge in [-0.2, -0.15) is 0 Å². The Labute approximate surface area is 150 Å². The molecule has 1 fully saturated rings. The molecule has 0 radical (unpaired) electrons. The number of piperidine rings is 1. The van der Waals surface area contributed by atoms with Crippen LogP contribution in [-0.2, 0) is 6.37 Å². The lowest BCUT2D eigenvalue weighted by atomic mass is 9.79. The molecular formula is C19H29NO3. The maximum atomic E-state index is 10.9. The molecular weight excluding hydrogens is 290 g/mol. The highest BCUT2D eigenvalue weighted by Gasteiger charge is 2.38. The summed E-state index contributed by atoms with van der Waals surface area (Å²) < 4.78 is 79.7. The van der Waals surface area contributed by atoms with Crippen LogP contribution in [0.3, 0.4) is 0 Å². The van der Waals surface area contributed by atoms with Gasteiger partial charge in [0.05, 0.1) is 23.1 Å². The minimum Gasteiger partial charge on any atom is -0.493 e. The molecule has 3 atom stereocenters. The van der Waals surface area contributed by atoms with Crippen molar-refractivity contribution in [2.24, 2.45) is 11.8 Å². The summed E-state index contributed by atoms with van der Waals surface area (Å²) in [5.41, 5.74) is -0.416. The Bertz CT molecular complexity index is 876. The van der Waals surface area contributed by atoms with Gasteiger partial charge in [0.15, 0.2) is 11.5 Å². The van der Waals surface area contributed by atoms with Gasteiger partial charge in [-0.3, -0.25) is 4.90 Å². The first-order chi connectivity index (χ1) is 14.2. The predicted octanol–water partition coefficient (Wildman–Crippen LogP) is 3.03. The zero-order valence-corrected chi connectivity index (χ0v) is 13.9. The lowest BCUT2D eigenvalue weighted by molar-refractivity contribution is -0.0191. The van der Waals surface area contributed by atoms with E-state index >= 15 is 0 Å².